The van der Waals surface area contributed by atoms with E-state index in [0.29, 0.717) is 11.3 Å². The fraction of sp³-hybridized carbons (Fsp3) is 0.375. The highest BCUT2D eigenvalue weighted by molar-refractivity contribution is 6.07. The van der Waals surface area contributed by atoms with Crippen LogP contribution in [0.25, 0.3) is 0 Å². The van der Waals surface area contributed by atoms with Crippen LogP contribution in [0.5, 0.6) is 0 Å². The first-order valence-electron chi connectivity index (χ1n) is 10.6. The third-order valence-corrected chi connectivity index (χ3v) is 5.02. The maximum atomic E-state index is 13.5. The van der Waals surface area contributed by atoms with Crippen molar-refractivity contribution in [1.82, 2.24) is 10.4 Å². The molecule has 2 N–H and O–H groups in total. The number of benzene rings is 2. The molecule has 0 spiro atoms. The van der Waals surface area contributed by atoms with Crippen molar-refractivity contribution < 1.29 is 23.9 Å². The minimum Gasteiger partial charge on any atom is -0.446 e. The molecule has 2 aromatic rings. The Balaban J connectivity index is 2.15. The van der Waals surface area contributed by atoms with Gasteiger partial charge in [-0.25, -0.2) is 15.0 Å². The summed E-state index contributed by atoms with van der Waals surface area (Å²) in [5.74, 6) is -0.454. The zero-order chi connectivity index (χ0) is 23.5. The molecule has 1 aliphatic rings. The first kappa shape index (κ1) is 23.1. The molecular formula is C24H29N3O5. The lowest BCUT2D eigenvalue weighted by Gasteiger charge is -2.38. The van der Waals surface area contributed by atoms with Gasteiger partial charge in [0.2, 0.25) is 0 Å². The van der Waals surface area contributed by atoms with Crippen LogP contribution in [0.2, 0.25) is 0 Å². The van der Waals surface area contributed by atoms with Crippen LogP contribution in [0.1, 0.15) is 44.4 Å². The van der Waals surface area contributed by atoms with Gasteiger partial charge in [-0.3, -0.25) is 4.79 Å². The van der Waals surface area contributed by atoms with Crippen molar-refractivity contribution in [1.29, 1.82) is 0 Å². The number of hydrazine groups is 1. The van der Waals surface area contributed by atoms with Crippen molar-refractivity contribution in [2.24, 2.45) is 0 Å². The topological polar surface area (TPSA) is 97.0 Å². The zero-order valence-electron chi connectivity index (χ0n) is 19.0. The van der Waals surface area contributed by atoms with E-state index in [0.717, 1.165) is 16.1 Å². The Morgan fingerprint density at radius 3 is 2.25 bits per heavy atom. The van der Waals surface area contributed by atoms with Gasteiger partial charge in [-0.1, -0.05) is 48.0 Å². The SMILES string of the molecule is Cc1ccc(C[C@@]2(N(NC(=O)OC(C)C)C(=O)OC(C)C)C(=O)Nc3ccccc32)cc1. The number of rotatable bonds is 5. The molecule has 0 saturated carbocycles. The minimum absolute atomic E-state index is 0.116. The molecule has 1 atom stereocenters. The summed E-state index contributed by atoms with van der Waals surface area (Å²) in [7, 11) is 0. The molecule has 1 aliphatic heterocycles. The van der Waals surface area contributed by atoms with Gasteiger partial charge in [0.1, 0.15) is 0 Å². The number of para-hydroxylation sites is 1. The molecule has 2 aromatic carbocycles. The zero-order valence-corrected chi connectivity index (χ0v) is 19.0. The van der Waals surface area contributed by atoms with E-state index in [4.69, 9.17) is 9.47 Å². The van der Waals surface area contributed by atoms with Gasteiger partial charge >= 0.3 is 12.2 Å². The Labute approximate surface area is 187 Å². The van der Waals surface area contributed by atoms with Gasteiger partial charge in [0.25, 0.3) is 5.91 Å². The number of ether oxygens (including phenoxy) is 2. The predicted octanol–water partition coefficient (Wildman–Crippen LogP) is 4.28. The molecule has 0 bridgehead atoms. The molecule has 1 heterocycles. The molecule has 0 aromatic heterocycles. The second kappa shape index (κ2) is 9.30. The molecule has 8 nitrogen and oxygen atoms in total. The number of anilines is 1. The summed E-state index contributed by atoms with van der Waals surface area (Å²) in [6.07, 6.45) is -2.49. The number of amides is 3. The number of carbonyl (C=O) groups excluding carboxylic acids is 3. The third-order valence-electron chi connectivity index (χ3n) is 5.02. The molecule has 3 amide bonds. The van der Waals surface area contributed by atoms with E-state index in [2.05, 4.69) is 10.7 Å². The Morgan fingerprint density at radius 2 is 1.62 bits per heavy atom. The van der Waals surface area contributed by atoms with Crippen molar-refractivity contribution in [2.45, 2.75) is 58.8 Å². The van der Waals surface area contributed by atoms with Gasteiger partial charge < -0.3 is 14.8 Å². The summed E-state index contributed by atoms with van der Waals surface area (Å²) in [6, 6.07) is 14.7. The van der Waals surface area contributed by atoms with Crippen LogP contribution >= 0.6 is 0 Å². The predicted molar refractivity (Wildman–Crippen MR) is 120 cm³/mol. The van der Waals surface area contributed by atoms with E-state index < -0.39 is 35.8 Å². The lowest BCUT2D eigenvalue weighted by molar-refractivity contribution is -0.129. The van der Waals surface area contributed by atoms with E-state index in [1.807, 2.05) is 31.2 Å². The highest BCUT2D eigenvalue weighted by Gasteiger charge is 2.55. The van der Waals surface area contributed by atoms with Crippen molar-refractivity contribution >= 4 is 23.8 Å². The smallest absolute Gasteiger partial charge is 0.430 e. The van der Waals surface area contributed by atoms with E-state index >= 15 is 0 Å². The number of fused-ring (bicyclic) bond motifs is 1. The van der Waals surface area contributed by atoms with Crippen LogP contribution in [0.3, 0.4) is 0 Å². The average Bonchev–Trinajstić information content (AvgIpc) is 2.99. The van der Waals surface area contributed by atoms with Gasteiger partial charge in [0.15, 0.2) is 5.54 Å². The Hall–Kier alpha value is -3.55. The Kier molecular flexibility index (Phi) is 6.72. The van der Waals surface area contributed by atoms with Crippen LogP contribution in [-0.4, -0.2) is 35.3 Å². The van der Waals surface area contributed by atoms with Gasteiger partial charge in [-0.05, 0) is 46.2 Å². The molecule has 170 valence electrons. The van der Waals surface area contributed by atoms with Crippen molar-refractivity contribution in [2.75, 3.05) is 5.32 Å². The maximum absolute atomic E-state index is 13.5. The summed E-state index contributed by atoms with van der Waals surface area (Å²) in [5, 5.41) is 3.80. The molecule has 0 fully saturated rings. The highest BCUT2D eigenvalue weighted by Crippen LogP contribution is 2.42. The molecule has 8 heteroatoms. The number of hydrogen-bond donors (Lipinski definition) is 2. The Bertz CT molecular complexity index is 1000. The van der Waals surface area contributed by atoms with Crippen LogP contribution in [0.15, 0.2) is 48.5 Å². The monoisotopic (exact) mass is 439 g/mol. The first-order chi connectivity index (χ1) is 15.1. The fourth-order valence-electron chi connectivity index (χ4n) is 3.66. The molecule has 0 saturated heterocycles. The number of nitrogens with one attached hydrogen (secondary N) is 2. The van der Waals surface area contributed by atoms with E-state index in [-0.39, 0.29) is 6.42 Å². The molecule has 0 unspecified atom stereocenters. The van der Waals surface area contributed by atoms with Gasteiger partial charge in [0, 0.05) is 17.7 Å². The third kappa shape index (κ3) is 4.69. The second-order valence-corrected chi connectivity index (χ2v) is 8.36. The van der Waals surface area contributed by atoms with E-state index in [1.54, 1.807) is 52.0 Å². The van der Waals surface area contributed by atoms with Crippen LogP contribution in [-0.2, 0) is 26.2 Å². The highest BCUT2D eigenvalue weighted by atomic mass is 16.6. The normalized spacial score (nSPS) is 17.0. The fourth-order valence-corrected chi connectivity index (χ4v) is 3.66. The van der Waals surface area contributed by atoms with Crippen LogP contribution in [0, 0.1) is 6.92 Å². The molecular weight excluding hydrogens is 410 g/mol. The van der Waals surface area contributed by atoms with E-state index in [9.17, 15) is 14.4 Å². The van der Waals surface area contributed by atoms with Gasteiger partial charge in [-0.15, -0.1) is 0 Å². The number of carbonyl (C=O) groups is 3. The van der Waals surface area contributed by atoms with Crippen LogP contribution < -0.4 is 10.7 Å². The number of aryl methyl sites for hydroxylation is 1. The minimum atomic E-state index is -1.58. The summed E-state index contributed by atoms with van der Waals surface area (Å²) in [6.45, 7) is 8.73. The largest absolute Gasteiger partial charge is 0.446 e. The summed E-state index contributed by atoms with van der Waals surface area (Å²) >= 11 is 0. The lowest BCUT2D eigenvalue weighted by atomic mass is 9.84. The molecule has 0 radical (unpaired) electrons. The molecule has 3 rings (SSSR count). The van der Waals surface area contributed by atoms with Crippen LogP contribution in [0.4, 0.5) is 15.3 Å². The summed E-state index contributed by atoms with van der Waals surface area (Å²) < 4.78 is 10.6. The number of nitrogens with zero attached hydrogens (tertiary/aromatic N) is 1. The van der Waals surface area contributed by atoms with Crippen molar-refractivity contribution in [3.8, 4) is 0 Å². The second-order valence-electron chi connectivity index (χ2n) is 8.36. The quantitative estimate of drug-likeness (QED) is 0.678. The van der Waals surface area contributed by atoms with Crippen molar-refractivity contribution in [3.05, 3.63) is 65.2 Å². The summed E-state index contributed by atoms with van der Waals surface area (Å²) in [4.78, 5) is 39.3. The average molecular weight is 440 g/mol. The first-order valence-corrected chi connectivity index (χ1v) is 10.6. The van der Waals surface area contributed by atoms with Gasteiger partial charge in [0.05, 0.1) is 12.2 Å². The lowest BCUT2D eigenvalue weighted by Crippen LogP contribution is -2.62. The number of hydrogen-bond acceptors (Lipinski definition) is 5. The molecule has 32 heavy (non-hydrogen) atoms. The summed E-state index contributed by atoms with van der Waals surface area (Å²) in [5.41, 5.74) is 3.89. The van der Waals surface area contributed by atoms with Gasteiger partial charge in [-0.2, -0.15) is 5.01 Å². The van der Waals surface area contributed by atoms with E-state index in [1.165, 1.54) is 0 Å². The molecule has 0 aliphatic carbocycles. The Morgan fingerprint density at radius 1 is 1.00 bits per heavy atom. The van der Waals surface area contributed by atoms with Crippen molar-refractivity contribution in [3.63, 3.8) is 0 Å². The maximum Gasteiger partial charge on any atom is 0.430 e. The standard InChI is InChI=1S/C24H29N3O5/c1-15(2)31-22(29)26-27(23(30)32-16(3)4)24(14-18-12-10-17(5)11-13-18)19-8-6-7-9-20(19)25-21(24)28/h6-13,15-16H,14H2,1-5H3,(H,25,28)(H,26,29)/t24-/m0/s1.